The second kappa shape index (κ2) is 25.5. The third-order valence-electron chi connectivity index (χ3n) is 8.64. The number of H-pyrrole nitrogens is 1. The van der Waals surface area contributed by atoms with Gasteiger partial charge in [0.25, 0.3) is 5.82 Å². The van der Waals surface area contributed by atoms with Crippen LogP contribution in [0.15, 0.2) is 12.4 Å². The highest BCUT2D eigenvalue weighted by atomic mass is 15.1. The van der Waals surface area contributed by atoms with Gasteiger partial charge >= 0.3 is 0 Å². The van der Waals surface area contributed by atoms with Gasteiger partial charge in [-0.2, -0.15) is 0 Å². The summed E-state index contributed by atoms with van der Waals surface area (Å²) >= 11 is 0. The van der Waals surface area contributed by atoms with Gasteiger partial charge in [-0.3, -0.25) is 0 Å². The molecule has 0 amide bonds. The quantitative estimate of drug-likeness (QED) is 0.0842. The molecule has 0 aliphatic carbocycles. The first kappa shape index (κ1) is 34.2. The van der Waals surface area contributed by atoms with E-state index in [1.54, 1.807) is 0 Å². The minimum absolute atomic E-state index is 0.622. The third kappa shape index (κ3) is 18.2. The van der Waals surface area contributed by atoms with Crippen molar-refractivity contribution in [1.82, 2.24) is 4.98 Å². The van der Waals surface area contributed by atoms with Gasteiger partial charge in [0.05, 0.1) is 12.0 Å². The largest absolute Gasteiger partial charge is 0.257 e. The van der Waals surface area contributed by atoms with Gasteiger partial charge in [-0.15, -0.1) is 0 Å². The number of aromatic nitrogens is 2. The summed E-state index contributed by atoms with van der Waals surface area (Å²) in [6.07, 6.45) is 41.3. The molecular formula is C35H69N2+. The molecule has 2 nitrogen and oxygen atoms in total. The SMILES string of the molecule is CCCCCCCCCCCCCC(C)[n+]1cc[nH]c1C(CCCC)CCCCCCCCCCCC. The highest BCUT2D eigenvalue weighted by Crippen LogP contribution is 2.26. The lowest BCUT2D eigenvalue weighted by Gasteiger charge is -2.17. The summed E-state index contributed by atoms with van der Waals surface area (Å²) in [6.45, 7) is 9.41. The fourth-order valence-electron chi connectivity index (χ4n) is 6.06. The van der Waals surface area contributed by atoms with Gasteiger partial charge in [0.2, 0.25) is 0 Å². The smallest absolute Gasteiger partial charge is 0.247 e. The Labute approximate surface area is 234 Å². The summed E-state index contributed by atoms with van der Waals surface area (Å²) in [5.74, 6) is 2.23. The van der Waals surface area contributed by atoms with Crippen molar-refractivity contribution in [3.05, 3.63) is 18.2 Å². The predicted molar refractivity (Wildman–Crippen MR) is 166 cm³/mol. The predicted octanol–water partition coefficient (Wildman–Crippen LogP) is 12.1. The molecule has 2 heteroatoms. The van der Waals surface area contributed by atoms with E-state index in [9.17, 15) is 0 Å². The Morgan fingerprint density at radius 1 is 0.514 bits per heavy atom. The van der Waals surface area contributed by atoms with Crippen molar-refractivity contribution < 1.29 is 4.57 Å². The summed E-state index contributed by atoms with van der Waals surface area (Å²) in [4.78, 5) is 3.69. The maximum Gasteiger partial charge on any atom is 0.257 e. The summed E-state index contributed by atoms with van der Waals surface area (Å²) in [6, 6.07) is 0.622. The van der Waals surface area contributed by atoms with E-state index in [2.05, 4.69) is 49.6 Å². The van der Waals surface area contributed by atoms with Gasteiger partial charge in [0, 0.05) is 0 Å². The lowest BCUT2D eigenvalue weighted by atomic mass is 9.93. The van der Waals surface area contributed by atoms with E-state index < -0.39 is 0 Å². The van der Waals surface area contributed by atoms with E-state index in [-0.39, 0.29) is 0 Å². The van der Waals surface area contributed by atoms with E-state index in [4.69, 9.17) is 0 Å². The standard InChI is InChI=1S/C35H68N2/c1-5-8-11-13-15-17-19-20-22-24-26-28-33(4)37-32-31-36-35(37)34(29-10-7-3)30-27-25-23-21-18-16-14-12-9-6-2/h31-34H,5-30H2,1-4H3/p+1. The normalized spacial score (nSPS) is 13.3. The molecule has 1 rings (SSSR count). The molecule has 0 fully saturated rings. The van der Waals surface area contributed by atoms with E-state index in [1.807, 2.05) is 0 Å². The third-order valence-corrected chi connectivity index (χ3v) is 8.64. The van der Waals surface area contributed by atoms with Gasteiger partial charge in [0.15, 0.2) is 0 Å². The van der Waals surface area contributed by atoms with Gasteiger partial charge in [-0.25, -0.2) is 9.55 Å². The number of hydrogen-bond donors (Lipinski definition) is 1. The minimum Gasteiger partial charge on any atom is -0.247 e. The molecule has 0 aromatic carbocycles. The van der Waals surface area contributed by atoms with Crippen LogP contribution in [0, 0.1) is 0 Å². The maximum absolute atomic E-state index is 3.69. The minimum atomic E-state index is 0.622. The van der Waals surface area contributed by atoms with Crippen molar-refractivity contribution in [2.45, 2.75) is 207 Å². The lowest BCUT2D eigenvalue weighted by molar-refractivity contribution is -0.727. The van der Waals surface area contributed by atoms with Crippen molar-refractivity contribution in [1.29, 1.82) is 0 Å². The molecule has 218 valence electrons. The van der Waals surface area contributed by atoms with Crippen LogP contribution in [0.2, 0.25) is 0 Å². The number of aromatic amines is 1. The summed E-state index contributed by atoms with van der Waals surface area (Å²) in [7, 11) is 0. The van der Waals surface area contributed by atoms with E-state index in [0.29, 0.717) is 12.0 Å². The topological polar surface area (TPSA) is 19.7 Å². The van der Waals surface area contributed by atoms with Crippen molar-refractivity contribution in [3.8, 4) is 0 Å². The van der Waals surface area contributed by atoms with Crippen molar-refractivity contribution in [2.24, 2.45) is 0 Å². The highest BCUT2D eigenvalue weighted by molar-refractivity contribution is 4.90. The Morgan fingerprint density at radius 3 is 1.35 bits per heavy atom. The Hall–Kier alpha value is -0.790. The van der Waals surface area contributed by atoms with Crippen LogP contribution in [0.5, 0.6) is 0 Å². The monoisotopic (exact) mass is 518 g/mol. The molecule has 37 heavy (non-hydrogen) atoms. The van der Waals surface area contributed by atoms with Crippen LogP contribution < -0.4 is 4.57 Å². The summed E-state index contributed by atoms with van der Waals surface area (Å²) in [5.41, 5.74) is 0. The Morgan fingerprint density at radius 2 is 0.892 bits per heavy atom. The number of imidazole rings is 1. The van der Waals surface area contributed by atoms with Gasteiger partial charge in [-0.05, 0) is 32.6 Å². The zero-order valence-electron chi connectivity index (χ0n) is 26.1. The highest BCUT2D eigenvalue weighted by Gasteiger charge is 2.25. The van der Waals surface area contributed by atoms with Gasteiger partial charge < -0.3 is 0 Å². The van der Waals surface area contributed by atoms with Crippen molar-refractivity contribution >= 4 is 0 Å². The molecule has 1 aromatic rings. The van der Waals surface area contributed by atoms with Crippen LogP contribution in [0.25, 0.3) is 0 Å². The Bertz CT molecular complexity index is 578. The van der Waals surface area contributed by atoms with Crippen LogP contribution in [-0.2, 0) is 0 Å². The fourth-order valence-corrected chi connectivity index (χ4v) is 6.06. The van der Waals surface area contributed by atoms with Crippen LogP contribution in [0.4, 0.5) is 0 Å². The maximum atomic E-state index is 3.69. The van der Waals surface area contributed by atoms with Crippen LogP contribution in [0.1, 0.15) is 212 Å². The van der Waals surface area contributed by atoms with Crippen LogP contribution >= 0.6 is 0 Å². The van der Waals surface area contributed by atoms with E-state index in [0.717, 1.165) is 0 Å². The zero-order chi connectivity index (χ0) is 26.8. The summed E-state index contributed by atoms with van der Waals surface area (Å²) in [5, 5.41) is 0. The fraction of sp³-hybridized carbons (Fsp3) is 0.914. The molecule has 0 saturated carbocycles. The Balaban J connectivity index is 2.27. The molecule has 0 spiro atoms. The Kier molecular flexibility index (Phi) is 23.6. The molecular weight excluding hydrogens is 448 g/mol. The average Bonchev–Trinajstić information content (AvgIpc) is 3.40. The number of rotatable bonds is 28. The van der Waals surface area contributed by atoms with E-state index >= 15 is 0 Å². The molecule has 2 atom stereocenters. The molecule has 0 saturated heterocycles. The molecule has 0 radical (unpaired) electrons. The van der Waals surface area contributed by atoms with Crippen molar-refractivity contribution in [2.75, 3.05) is 0 Å². The molecule has 0 aliphatic rings. The zero-order valence-corrected chi connectivity index (χ0v) is 26.1. The second-order valence-corrected chi connectivity index (χ2v) is 12.2. The van der Waals surface area contributed by atoms with Gasteiger partial charge in [0.1, 0.15) is 12.4 Å². The number of nitrogens with one attached hydrogen (secondary N) is 1. The van der Waals surface area contributed by atoms with Gasteiger partial charge in [-0.1, -0.05) is 162 Å². The van der Waals surface area contributed by atoms with Crippen LogP contribution in [-0.4, -0.2) is 4.98 Å². The molecule has 0 bridgehead atoms. The molecule has 1 heterocycles. The average molecular weight is 518 g/mol. The lowest BCUT2D eigenvalue weighted by Crippen LogP contribution is -2.41. The molecule has 1 aromatic heterocycles. The first-order valence-corrected chi connectivity index (χ1v) is 17.3. The van der Waals surface area contributed by atoms with Crippen LogP contribution in [0.3, 0.4) is 0 Å². The first-order chi connectivity index (χ1) is 18.2. The molecule has 0 aliphatic heterocycles. The van der Waals surface area contributed by atoms with Crippen molar-refractivity contribution in [3.63, 3.8) is 0 Å². The molecule has 2 unspecified atom stereocenters. The first-order valence-electron chi connectivity index (χ1n) is 17.3. The number of nitrogens with zero attached hydrogens (tertiary/aromatic N) is 1. The number of unbranched alkanes of at least 4 members (excludes halogenated alkanes) is 20. The second-order valence-electron chi connectivity index (χ2n) is 12.2. The molecule has 1 N–H and O–H groups in total. The van der Waals surface area contributed by atoms with E-state index in [1.165, 1.54) is 173 Å². The summed E-state index contributed by atoms with van der Waals surface area (Å²) < 4.78 is 2.60. The number of hydrogen-bond acceptors (Lipinski definition) is 0.